The van der Waals surface area contributed by atoms with Crippen LogP contribution in [0, 0.1) is 0 Å². The summed E-state index contributed by atoms with van der Waals surface area (Å²) < 4.78 is 37.4. The number of hydrogen-bond donors (Lipinski definition) is 1. The van der Waals surface area contributed by atoms with E-state index in [9.17, 15) is 13.2 Å². The highest BCUT2D eigenvalue weighted by atomic mass is 32.1. The molecule has 0 saturated heterocycles. The Kier molecular flexibility index (Phi) is 3.21. The number of thiophene rings is 2. The summed E-state index contributed by atoms with van der Waals surface area (Å²) in [5.74, 6) is 0. The smallest absolute Gasteiger partial charge is 0.410 e. The van der Waals surface area contributed by atoms with Gasteiger partial charge in [-0.05, 0) is 23.6 Å². The van der Waals surface area contributed by atoms with Crippen molar-refractivity contribution in [2.75, 3.05) is 0 Å². The average Bonchev–Trinajstić information content (AvgIpc) is 2.84. The maximum atomic E-state index is 12.5. The highest BCUT2D eigenvalue weighted by Gasteiger charge is 2.38. The first-order valence-corrected chi connectivity index (χ1v) is 6.15. The molecular formula is C10H6F3NOS2. The molecule has 0 fully saturated rings. The van der Waals surface area contributed by atoms with E-state index in [-0.39, 0.29) is 4.88 Å². The highest BCUT2D eigenvalue weighted by Crippen LogP contribution is 2.34. The molecule has 0 aliphatic rings. The number of nitrogens with zero attached hydrogens (tertiary/aromatic N) is 1. The second-order valence-electron chi connectivity index (χ2n) is 3.09. The lowest BCUT2D eigenvalue weighted by atomic mass is 10.3. The van der Waals surface area contributed by atoms with Crippen LogP contribution < -0.4 is 0 Å². The molecule has 2 aromatic heterocycles. The number of oxime groups is 1. The van der Waals surface area contributed by atoms with Crippen molar-refractivity contribution in [1.29, 1.82) is 0 Å². The van der Waals surface area contributed by atoms with Gasteiger partial charge < -0.3 is 5.21 Å². The molecule has 0 radical (unpaired) electrons. The first-order valence-electron chi connectivity index (χ1n) is 4.45. The second-order valence-corrected chi connectivity index (χ2v) is 5.12. The molecule has 2 heterocycles. The van der Waals surface area contributed by atoms with Crippen LogP contribution in [0.5, 0.6) is 0 Å². The number of rotatable bonds is 2. The minimum atomic E-state index is -4.65. The lowest BCUT2D eigenvalue weighted by Gasteiger charge is -2.05. The van der Waals surface area contributed by atoms with Crippen LogP contribution in [0.25, 0.3) is 9.75 Å². The van der Waals surface area contributed by atoms with E-state index in [0.717, 1.165) is 21.1 Å². The normalized spacial score (nSPS) is 13.0. The Morgan fingerprint density at radius 1 is 1.18 bits per heavy atom. The third-order valence-electron chi connectivity index (χ3n) is 1.97. The summed E-state index contributed by atoms with van der Waals surface area (Å²) >= 11 is 2.39. The zero-order valence-corrected chi connectivity index (χ0v) is 9.86. The van der Waals surface area contributed by atoms with E-state index in [4.69, 9.17) is 5.21 Å². The van der Waals surface area contributed by atoms with Crippen LogP contribution >= 0.6 is 22.7 Å². The Bertz CT molecular complexity index is 528. The van der Waals surface area contributed by atoms with Crippen LogP contribution in [-0.2, 0) is 0 Å². The summed E-state index contributed by atoms with van der Waals surface area (Å²) in [6.07, 6.45) is -4.65. The zero-order chi connectivity index (χ0) is 12.5. The van der Waals surface area contributed by atoms with Crippen LogP contribution in [0.4, 0.5) is 13.2 Å². The van der Waals surface area contributed by atoms with E-state index in [1.807, 2.05) is 17.5 Å². The predicted molar refractivity (Wildman–Crippen MR) is 62.0 cm³/mol. The second kappa shape index (κ2) is 4.50. The number of hydrogen-bond acceptors (Lipinski definition) is 4. The number of halogens is 3. The summed E-state index contributed by atoms with van der Waals surface area (Å²) in [5.41, 5.74) is -1.26. The largest absolute Gasteiger partial charge is 0.438 e. The summed E-state index contributed by atoms with van der Waals surface area (Å²) in [4.78, 5) is 1.52. The van der Waals surface area contributed by atoms with E-state index in [0.29, 0.717) is 0 Å². The number of alkyl halides is 3. The van der Waals surface area contributed by atoms with Crippen molar-refractivity contribution in [3.63, 3.8) is 0 Å². The van der Waals surface area contributed by atoms with Crippen LogP contribution in [0.3, 0.4) is 0 Å². The molecule has 0 aliphatic heterocycles. The third kappa shape index (κ3) is 2.50. The van der Waals surface area contributed by atoms with E-state index in [2.05, 4.69) is 5.16 Å². The molecule has 2 aromatic rings. The molecular weight excluding hydrogens is 271 g/mol. The molecule has 0 unspecified atom stereocenters. The molecule has 0 amide bonds. The Hall–Kier alpha value is -1.34. The molecule has 90 valence electrons. The van der Waals surface area contributed by atoms with Crippen molar-refractivity contribution < 1.29 is 18.4 Å². The zero-order valence-electron chi connectivity index (χ0n) is 8.23. The monoisotopic (exact) mass is 277 g/mol. The summed E-state index contributed by atoms with van der Waals surface area (Å²) in [7, 11) is 0. The fourth-order valence-corrected chi connectivity index (χ4v) is 3.11. The van der Waals surface area contributed by atoms with Gasteiger partial charge in [-0.25, -0.2) is 0 Å². The van der Waals surface area contributed by atoms with Crippen LogP contribution in [0.2, 0.25) is 0 Å². The lowest BCUT2D eigenvalue weighted by molar-refractivity contribution is -0.0599. The van der Waals surface area contributed by atoms with Gasteiger partial charge in [0.1, 0.15) is 0 Å². The van der Waals surface area contributed by atoms with Gasteiger partial charge in [-0.15, -0.1) is 22.7 Å². The molecule has 2 nitrogen and oxygen atoms in total. The molecule has 0 spiro atoms. The quantitative estimate of drug-likeness (QED) is 0.497. The fraction of sp³-hybridized carbons (Fsp3) is 0.100. The highest BCUT2D eigenvalue weighted by molar-refractivity contribution is 7.22. The van der Waals surface area contributed by atoms with Crippen LogP contribution in [0.15, 0.2) is 34.8 Å². The lowest BCUT2D eigenvalue weighted by Crippen LogP contribution is -2.22. The van der Waals surface area contributed by atoms with Crippen molar-refractivity contribution >= 4 is 28.4 Å². The minimum absolute atomic E-state index is 0.0941. The summed E-state index contributed by atoms with van der Waals surface area (Å²) in [6, 6.07) is 6.54. The minimum Gasteiger partial charge on any atom is -0.410 e. The Labute approximate surface area is 103 Å². The SMILES string of the molecule is O/N=C(/c1ccc(-c2cccs2)s1)C(F)(F)F. The first kappa shape index (κ1) is 12.1. The predicted octanol–water partition coefficient (Wildman–Crippen LogP) is 4.22. The molecule has 0 aromatic carbocycles. The van der Waals surface area contributed by atoms with Gasteiger partial charge in [0.25, 0.3) is 0 Å². The molecule has 0 atom stereocenters. The van der Waals surface area contributed by atoms with Crippen molar-refractivity contribution in [3.05, 3.63) is 34.5 Å². The topological polar surface area (TPSA) is 32.6 Å². The van der Waals surface area contributed by atoms with Gasteiger partial charge >= 0.3 is 6.18 Å². The van der Waals surface area contributed by atoms with E-state index < -0.39 is 11.9 Å². The standard InChI is InChI=1S/C10H6F3NOS2/c11-10(12,13)9(14-15)8-4-3-7(17-8)6-2-1-5-16-6/h1-5,15H/b14-9-. The maximum absolute atomic E-state index is 12.5. The first-order chi connectivity index (χ1) is 8.02. The molecule has 0 bridgehead atoms. The Balaban J connectivity index is 2.36. The van der Waals surface area contributed by atoms with Crippen molar-refractivity contribution in [1.82, 2.24) is 0 Å². The Morgan fingerprint density at radius 3 is 2.47 bits per heavy atom. The van der Waals surface area contributed by atoms with Crippen molar-refractivity contribution in [2.24, 2.45) is 5.16 Å². The van der Waals surface area contributed by atoms with Gasteiger partial charge in [-0.3, -0.25) is 0 Å². The molecule has 1 N–H and O–H groups in total. The summed E-state index contributed by atoms with van der Waals surface area (Å²) in [6.45, 7) is 0. The Morgan fingerprint density at radius 2 is 1.94 bits per heavy atom. The van der Waals surface area contributed by atoms with Gasteiger partial charge in [-0.2, -0.15) is 13.2 Å². The molecule has 0 aliphatic carbocycles. The summed E-state index contributed by atoms with van der Waals surface area (Å²) in [5, 5.41) is 12.6. The van der Waals surface area contributed by atoms with Crippen LogP contribution in [-0.4, -0.2) is 17.1 Å². The molecule has 2 rings (SSSR count). The van der Waals surface area contributed by atoms with Gasteiger partial charge in [0, 0.05) is 9.75 Å². The van der Waals surface area contributed by atoms with Crippen molar-refractivity contribution in [3.8, 4) is 9.75 Å². The van der Waals surface area contributed by atoms with Gasteiger partial charge in [0.05, 0.1) is 4.88 Å². The van der Waals surface area contributed by atoms with Gasteiger partial charge in [0.2, 0.25) is 5.71 Å². The van der Waals surface area contributed by atoms with Crippen LogP contribution in [0.1, 0.15) is 4.88 Å². The van der Waals surface area contributed by atoms with Crippen molar-refractivity contribution in [2.45, 2.75) is 6.18 Å². The van der Waals surface area contributed by atoms with E-state index in [1.165, 1.54) is 17.4 Å². The molecule has 7 heteroatoms. The average molecular weight is 277 g/mol. The third-order valence-corrected chi connectivity index (χ3v) is 4.13. The fourth-order valence-electron chi connectivity index (χ4n) is 1.26. The molecule has 0 saturated carbocycles. The van der Waals surface area contributed by atoms with E-state index in [1.54, 1.807) is 6.07 Å². The molecule has 17 heavy (non-hydrogen) atoms. The maximum Gasteiger partial charge on any atom is 0.438 e. The van der Waals surface area contributed by atoms with E-state index >= 15 is 0 Å². The van der Waals surface area contributed by atoms with Gasteiger partial charge in [0.15, 0.2) is 0 Å². The van der Waals surface area contributed by atoms with Gasteiger partial charge in [-0.1, -0.05) is 11.2 Å².